The van der Waals surface area contributed by atoms with Gasteiger partial charge in [0.25, 0.3) is 0 Å². The first kappa shape index (κ1) is 13.5. The van der Waals surface area contributed by atoms with E-state index in [1.54, 1.807) is 13.2 Å². The van der Waals surface area contributed by atoms with Crippen molar-refractivity contribution >= 4 is 5.78 Å². The maximum absolute atomic E-state index is 12.3. The van der Waals surface area contributed by atoms with E-state index in [-0.39, 0.29) is 5.78 Å². The first-order valence-electron chi connectivity index (χ1n) is 5.72. The maximum Gasteiger partial charge on any atom is 0.168 e. The van der Waals surface area contributed by atoms with Crippen LogP contribution in [0.4, 0.5) is 0 Å². The molecule has 0 heterocycles. The summed E-state index contributed by atoms with van der Waals surface area (Å²) >= 11 is 0. The molecule has 1 rings (SSSR count). The molecule has 0 unspecified atom stereocenters. The third-order valence-corrected chi connectivity index (χ3v) is 2.93. The highest BCUT2D eigenvalue weighted by molar-refractivity contribution is 6.00. The highest BCUT2D eigenvalue weighted by Gasteiger charge is 2.27. The van der Waals surface area contributed by atoms with E-state index in [2.05, 4.69) is 6.58 Å². The molecule has 0 fully saturated rings. The highest BCUT2D eigenvalue weighted by Crippen LogP contribution is 2.28. The molecule has 1 aromatic rings. The standard InChI is InChI=1S/C15H20O2/c1-6-9-15(3,4)14(16)12-7-8-13(17-5)11(2)10-12/h6-8,10H,1,9H2,2-5H3. The predicted molar refractivity (Wildman–Crippen MR) is 70.7 cm³/mol. The van der Waals surface area contributed by atoms with Crippen LogP contribution in [-0.2, 0) is 0 Å². The van der Waals surface area contributed by atoms with Crippen LogP contribution in [0.1, 0.15) is 36.2 Å². The number of carbonyl (C=O) groups excluding carboxylic acids is 1. The van der Waals surface area contributed by atoms with E-state index < -0.39 is 5.41 Å². The largest absolute Gasteiger partial charge is 0.496 e. The summed E-state index contributed by atoms with van der Waals surface area (Å²) < 4.78 is 5.19. The Labute approximate surface area is 103 Å². The van der Waals surface area contributed by atoms with Crippen LogP contribution in [0.5, 0.6) is 5.75 Å². The summed E-state index contributed by atoms with van der Waals surface area (Å²) in [6, 6.07) is 5.54. The van der Waals surface area contributed by atoms with Crippen molar-refractivity contribution in [1.82, 2.24) is 0 Å². The molecule has 0 saturated heterocycles. The maximum atomic E-state index is 12.3. The van der Waals surface area contributed by atoms with Crippen LogP contribution < -0.4 is 4.74 Å². The van der Waals surface area contributed by atoms with Crippen molar-refractivity contribution in [2.75, 3.05) is 7.11 Å². The summed E-state index contributed by atoms with van der Waals surface area (Å²) in [5.74, 6) is 0.950. The van der Waals surface area contributed by atoms with Crippen molar-refractivity contribution in [3.8, 4) is 5.75 Å². The van der Waals surface area contributed by atoms with E-state index in [1.165, 1.54) is 0 Å². The zero-order chi connectivity index (χ0) is 13.1. The van der Waals surface area contributed by atoms with E-state index in [9.17, 15) is 4.79 Å². The van der Waals surface area contributed by atoms with Crippen molar-refractivity contribution < 1.29 is 9.53 Å². The van der Waals surface area contributed by atoms with Gasteiger partial charge in [-0.15, -0.1) is 6.58 Å². The Balaban J connectivity index is 3.05. The third kappa shape index (κ3) is 2.96. The second kappa shape index (κ2) is 5.17. The Morgan fingerprint density at radius 1 is 1.47 bits per heavy atom. The summed E-state index contributed by atoms with van der Waals surface area (Å²) in [6.07, 6.45) is 2.46. The second-order valence-electron chi connectivity index (χ2n) is 4.89. The fourth-order valence-electron chi connectivity index (χ4n) is 1.86. The molecule has 0 aliphatic carbocycles. The lowest BCUT2D eigenvalue weighted by Gasteiger charge is -2.21. The van der Waals surface area contributed by atoms with Gasteiger partial charge in [-0.05, 0) is 37.1 Å². The van der Waals surface area contributed by atoms with Crippen LogP contribution in [0.2, 0.25) is 0 Å². The number of methoxy groups -OCH3 is 1. The highest BCUT2D eigenvalue weighted by atomic mass is 16.5. The van der Waals surface area contributed by atoms with Crippen molar-refractivity contribution in [3.63, 3.8) is 0 Å². The molecule has 1 aromatic carbocycles. The molecule has 0 atom stereocenters. The van der Waals surface area contributed by atoms with Gasteiger partial charge in [0, 0.05) is 11.0 Å². The molecule has 2 nitrogen and oxygen atoms in total. The number of ether oxygens (including phenoxy) is 1. The van der Waals surface area contributed by atoms with Crippen LogP contribution in [-0.4, -0.2) is 12.9 Å². The van der Waals surface area contributed by atoms with Crippen LogP contribution >= 0.6 is 0 Å². The number of allylic oxidation sites excluding steroid dienone is 1. The van der Waals surface area contributed by atoms with Gasteiger partial charge in [-0.2, -0.15) is 0 Å². The Hall–Kier alpha value is -1.57. The van der Waals surface area contributed by atoms with Crippen molar-refractivity contribution in [2.24, 2.45) is 5.41 Å². The molecular formula is C15H20O2. The van der Waals surface area contributed by atoms with Gasteiger partial charge in [0.15, 0.2) is 5.78 Å². The van der Waals surface area contributed by atoms with Crippen molar-refractivity contribution in [1.29, 1.82) is 0 Å². The summed E-state index contributed by atoms with van der Waals surface area (Å²) in [5.41, 5.74) is 1.31. The first-order valence-corrected chi connectivity index (χ1v) is 5.72. The number of rotatable bonds is 5. The molecule has 0 spiro atoms. The van der Waals surface area contributed by atoms with Crippen molar-refractivity contribution in [2.45, 2.75) is 27.2 Å². The van der Waals surface area contributed by atoms with Gasteiger partial charge in [0.1, 0.15) is 5.75 Å². The number of carbonyl (C=O) groups is 1. The Kier molecular flexibility index (Phi) is 4.11. The lowest BCUT2D eigenvalue weighted by molar-refractivity contribution is 0.0841. The van der Waals surface area contributed by atoms with Gasteiger partial charge in [0.05, 0.1) is 7.11 Å². The monoisotopic (exact) mass is 232 g/mol. The van der Waals surface area contributed by atoms with Crippen molar-refractivity contribution in [3.05, 3.63) is 42.0 Å². The molecule has 0 radical (unpaired) electrons. The fourth-order valence-corrected chi connectivity index (χ4v) is 1.86. The molecule has 0 aromatic heterocycles. The van der Waals surface area contributed by atoms with Gasteiger partial charge >= 0.3 is 0 Å². The Morgan fingerprint density at radius 3 is 2.59 bits per heavy atom. The average Bonchev–Trinajstić information content (AvgIpc) is 2.27. The van der Waals surface area contributed by atoms with Crippen LogP contribution in [0.15, 0.2) is 30.9 Å². The molecule has 0 N–H and O–H groups in total. The summed E-state index contributed by atoms with van der Waals surface area (Å²) in [5, 5.41) is 0. The topological polar surface area (TPSA) is 26.3 Å². The molecule has 0 saturated carbocycles. The molecule has 0 aliphatic rings. The van der Waals surface area contributed by atoms with Gasteiger partial charge in [-0.25, -0.2) is 0 Å². The zero-order valence-corrected chi connectivity index (χ0v) is 11.0. The van der Waals surface area contributed by atoms with E-state index in [1.807, 2.05) is 39.0 Å². The van der Waals surface area contributed by atoms with Gasteiger partial charge in [-0.3, -0.25) is 4.79 Å². The number of hydrogen-bond acceptors (Lipinski definition) is 2. The quantitative estimate of drug-likeness (QED) is 0.570. The third-order valence-electron chi connectivity index (χ3n) is 2.93. The number of ketones is 1. The van der Waals surface area contributed by atoms with Crippen LogP contribution in [0.3, 0.4) is 0 Å². The van der Waals surface area contributed by atoms with E-state index in [4.69, 9.17) is 4.74 Å². The molecule has 0 bridgehead atoms. The lowest BCUT2D eigenvalue weighted by atomic mass is 9.81. The molecule has 2 heteroatoms. The first-order chi connectivity index (χ1) is 7.92. The normalized spacial score (nSPS) is 11.1. The van der Waals surface area contributed by atoms with Crippen LogP contribution in [0.25, 0.3) is 0 Å². The SMILES string of the molecule is C=CCC(C)(C)C(=O)c1ccc(OC)c(C)c1. The zero-order valence-electron chi connectivity index (χ0n) is 11.0. The Bertz CT molecular complexity index is 431. The molecular weight excluding hydrogens is 212 g/mol. The predicted octanol–water partition coefficient (Wildman–Crippen LogP) is 3.79. The smallest absolute Gasteiger partial charge is 0.168 e. The lowest BCUT2D eigenvalue weighted by Crippen LogP contribution is -2.23. The van der Waals surface area contributed by atoms with E-state index in [0.29, 0.717) is 6.42 Å². The average molecular weight is 232 g/mol. The number of Topliss-reactive ketones (excluding diaryl/α,β-unsaturated/α-hetero) is 1. The minimum atomic E-state index is -0.400. The summed E-state index contributed by atoms with van der Waals surface area (Å²) in [6.45, 7) is 9.52. The number of aryl methyl sites for hydroxylation is 1. The minimum absolute atomic E-state index is 0.142. The number of benzene rings is 1. The summed E-state index contributed by atoms with van der Waals surface area (Å²) in [4.78, 5) is 12.3. The van der Waals surface area contributed by atoms with Gasteiger partial charge in [0.2, 0.25) is 0 Å². The molecule has 92 valence electrons. The molecule has 17 heavy (non-hydrogen) atoms. The number of hydrogen-bond donors (Lipinski definition) is 0. The second-order valence-corrected chi connectivity index (χ2v) is 4.89. The van der Waals surface area contributed by atoms with E-state index in [0.717, 1.165) is 16.9 Å². The van der Waals surface area contributed by atoms with E-state index >= 15 is 0 Å². The van der Waals surface area contributed by atoms with Crippen LogP contribution in [0, 0.1) is 12.3 Å². The van der Waals surface area contributed by atoms with Gasteiger partial charge in [-0.1, -0.05) is 19.9 Å². The Morgan fingerprint density at radius 2 is 2.12 bits per heavy atom. The molecule has 0 aliphatic heterocycles. The fraction of sp³-hybridized carbons (Fsp3) is 0.400. The summed E-state index contributed by atoms with van der Waals surface area (Å²) in [7, 11) is 1.63. The van der Waals surface area contributed by atoms with Gasteiger partial charge < -0.3 is 4.74 Å². The molecule has 0 amide bonds. The minimum Gasteiger partial charge on any atom is -0.496 e.